The van der Waals surface area contributed by atoms with Gasteiger partial charge in [-0.05, 0) is 0 Å². The van der Waals surface area contributed by atoms with E-state index >= 15 is 0 Å². The third kappa shape index (κ3) is 3.91. The maximum Gasteiger partial charge on any atom is 0.366 e. The molecule has 1 amide bonds. The van der Waals surface area contributed by atoms with Gasteiger partial charge in [0.25, 0.3) is 5.79 Å². The largest absolute Gasteiger partial charge is 0.465 e. The van der Waals surface area contributed by atoms with Crippen LogP contribution in [0.25, 0.3) is 0 Å². The van der Waals surface area contributed by atoms with Crippen molar-refractivity contribution in [3.8, 4) is 0 Å². The second-order valence-electron chi connectivity index (χ2n) is 5.10. The summed E-state index contributed by atoms with van der Waals surface area (Å²) in [5.41, 5.74) is 0. The summed E-state index contributed by atoms with van der Waals surface area (Å²) in [6.45, 7) is 0.320. The maximum absolute atomic E-state index is 11.6. The van der Waals surface area contributed by atoms with E-state index in [1.54, 1.807) is 0 Å². The average molecular weight is 323 g/mol. The van der Waals surface area contributed by atoms with E-state index in [0.717, 1.165) is 14.0 Å². The van der Waals surface area contributed by atoms with E-state index in [9.17, 15) is 30.0 Å². The van der Waals surface area contributed by atoms with Crippen LogP contribution >= 0.6 is 0 Å². The van der Waals surface area contributed by atoms with Crippen LogP contribution in [-0.2, 0) is 19.1 Å². The molecular formula is C12H21NO9. The molecule has 10 heteroatoms. The van der Waals surface area contributed by atoms with Gasteiger partial charge in [-0.15, -0.1) is 0 Å². The fourth-order valence-electron chi connectivity index (χ4n) is 2.29. The molecule has 22 heavy (non-hydrogen) atoms. The molecule has 0 aliphatic carbocycles. The van der Waals surface area contributed by atoms with Crippen molar-refractivity contribution in [2.45, 2.75) is 49.6 Å². The van der Waals surface area contributed by atoms with Crippen molar-refractivity contribution < 1.29 is 44.6 Å². The van der Waals surface area contributed by atoms with Gasteiger partial charge in [-0.25, -0.2) is 4.79 Å². The first-order valence-electron chi connectivity index (χ1n) is 6.57. The molecule has 1 aliphatic heterocycles. The number of hydrogen-bond acceptors (Lipinski definition) is 9. The van der Waals surface area contributed by atoms with Gasteiger partial charge in [0.15, 0.2) is 0 Å². The molecule has 10 nitrogen and oxygen atoms in total. The van der Waals surface area contributed by atoms with Gasteiger partial charge < -0.3 is 40.3 Å². The molecular weight excluding hydrogens is 302 g/mol. The van der Waals surface area contributed by atoms with E-state index in [4.69, 9.17) is 9.84 Å². The Hall–Kier alpha value is -1.30. The van der Waals surface area contributed by atoms with Gasteiger partial charge in [0, 0.05) is 13.3 Å². The van der Waals surface area contributed by atoms with Crippen molar-refractivity contribution in [2.75, 3.05) is 13.7 Å². The Morgan fingerprint density at radius 2 is 2.05 bits per heavy atom. The van der Waals surface area contributed by atoms with Gasteiger partial charge >= 0.3 is 5.97 Å². The highest BCUT2D eigenvalue weighted by Crippen LogP contribution is 2.31. The lowest BCUT2D eigenvalue weighted by atomic mass is 9.88. The van der Waals surface area contributed by atoms with Crippen LogP contribution in [0.3, 0.4) is 0 Å². The number of carbonyl (C=O) groups excluding carboxylic acids is 2. The van der Waals surface area contributed by atoms with Crippen molar-refractivity contribution in [1.29, 1.82) is 0 Å². The normalized spacial score (nSPS) is 34.6. The molecule has 1 aliphatic rings. The van der Waals surface area contributed by atoms with Crippen LogP contribution in [0.15, 0.2) is 0 Å². The van der Waals surface area contributed by atoms with Gasteiger partial charge in [-0.2, -0.15) is 0 Å². The monoisotopic (exact) mass is 323 g/mol. The first-order valence-corrected chi connectivity index (χ1v) is 6.57. The number of carbonyl (C=O) groups is 2. The molecule has 1 heterocycles. The van der Waals surface area contributed by atoms with E-state index < -0.39 is 61.1 Å². The van der Waals surface area contributed by atoms with Crippen molar-refractivity contribution in [1.82, 2.24) is 5.32 Å². The Balaban J connectivity index is 3.09. The molecule has 6 N–H and O–H groups in total. The summed E-state index contributed by atoms with van der Waals surface area (Å²) in [5, 5.41) is 50.8. The van der Waals surface area contributed by atoms with Gasteiger partial charge in [0.1, 0.15) is 18.3 Å². The number of amides is 1. The van der Waals surface area contributed by atoms with Gasteiger partial charge in [0.05, 0.1) is 25.9 Å². The van der Waals surface area contributed by atoms with Gasteiger partial charge in [-0.1, -0.05) is 0 Å². The molecule has 0 unspecified atom stereocenters. The molecule has 0 radical (unpaired) electrons. The molecule has 0 aromatic carbocycles. The molecule has 0 saturated carbocycles. The minimum atomic E-state index is -2.55. The quantitative estimate of drug-likeness (QED) is 0.278. The number of rotatable bonds is 5. The number of aliphatic hydroxyl groups excluding tert-OH is 4. The molecule has 0 bridgehead atoms. The Bertz CT molecular complexity index is 417. The fraction of sp³-hybridized carbons (Fsp3) is 0.833. The number of aliphatic hydroxyl groups is 5. The topological polar surface area (TPSA) is 166 Å². The highest BCUT2D eigenvalue weighted by molar-refractivity contribution is 5.78. The summed E-state index contributed by atoms with van der Waals surface area (Å²) >= 11 is 0. The third-order valence-corrected chi connectivity index (χ3v) is 3.38. The van der Waals surface area contributed by atoms with Crippen molar-refractivity contribution >= 4 is 11.9 Å². The van der Waals surface area contributed by atoms with Crippen molar-refractivity contribution in [2.24, 2.45) is 0 Å². The molecule has 0 spiro atoms. The first-order chi connectivity index (χ1) is 10.2. The average Bonchev–Trinajstić information content (AvgIpc) is 2.46. The number of nitrogens with one attached hydrogen (secondary N) is 1. The van der Waals surface area contributed by atoms with Crippen LogP contribution in [0.4, 0.5) is 0 Å². The molecule has 128 valence electrons. The van der Waals surface area contributed by atoms with Crippen LogP contribution in [-0.4, -0.2) is 87.4 Å². The predicted octanol–water partition coefficient (Wildman–Crippen LogP) is -3.78. The fourth-order valence-corrected chi connectivity index (χ4v) is 2.29. The zero-order chi connectivity index (χ0) is 17.1. The second-order valence-corrected chi connectivity index (χ2v) is 5.10. The number of esters is 1. The van der Waals surface area contributed by atoms with Crippen LogP contribution < -0.4 is 5.32 Å². The van der Waals surface area contributed by atoms with Gasteiger partial charge in [-0.3, -0.25) is 4.79 Å². The minimum absolute atomic E-state index is 0.563. The summed E-state index contributed by atoms with van der Waals surface area (Å²) in [6, 6.07) is -1.21. The summed E-state index contributed by atoms with van der Waals surface area (Å²) < 4.78 is 9.45. The van der Waals surface area contributed by atoms with Crippen LogP contribution in [0.2, 0.25) is 0 Å². The smallest absolute Gasteiger partial charge is 0.366 e. The molecule has 1 fully saturated rings. The lowest BCUT2D eigenvalue weighted by Crippen LogP contribution is -2.67. The standard InChI is InChI=1S/C12H21NO9/c1-5(15)13-8-6(16)3-12(20,11(19)21-2)22-10(8)9(18)7(17)4-14/h6-10,14,16-18,20H,3-4H2,1-2H3,(H,13,15)/t6-,7-,8+,9-,10+,12-/m0/s1. The summed E-state index contributed by atoms with van der Waals surface area (Å²) in [4.78, 5) is 22.8. The predicted molar refractivity (Wildman–Crippen MR) is 69.2 cm³/mol. The Morgan fingerprint density at radius 1 is 1.45 bits per heavy atom. The van der Waals surface area contributed by atoms with Crippen LogP contribution in [0.5, 0.6) is 0 Å². The van der Waals surface area contributed by atoms with Crippen LogP contribution in [0.1, 0.15) is 13.3 Å². The summed E-state index contributed by atoms with van der Waals surface area (Å²) in [5.74, 6) is -4.32. The number of methoxy groups -OCH3 is 1. The molecule has 6 atom stereocenters. The van der Waals surface area contributed by atoms with Crippen LogP contribution in [0, 0.1) is 0 Å². The first kappa shape index (κ1) is 18.7. The van der Waals surface area contributed by atoms with Gasteiger partial charge in [0.2, 0.25) is 5.91 Å². The Labute approximate surface area is 126 Å². The molecule has 0 aromatic heterocycles. The minimum Gasteiger partial charge on any atom is -0.465 e. The van der Waals surface area contributed by atoms with E-state index in [1.165, 1.54) is 0 Å². The Kier molecular flexibility index (Phi) is 6.23. The molecule has 0 aromatic rings. The summed E-state index contributed by atoms with van der Waals surface area (Å²) in [6.07, 6.45) is -7.09. The summed E-state index contributed by atoms with van der Waals surface area (Å²) in [7, 11) is 0.990. The van der Waals surface area contributed by atoms with E-state index in [-0.39, 0.29) is 0 Å². The number of hydrogen-bond donors (Lipinski definition) is 6. The van der Waals surface area contributed by atoms with E-state index in [1.807, 2.05) is 0 Å². The maximum atomic E-state index is 11.6. The van der Waals surface area contributed by atoms with Crippen molar-refractivity contribution in [3.05, 3.63) is 0 Å². The highest BCUT2D eigenvalue weighted by atomic mass is 16.7. The Morgan fingerprint density at radius 3 is 2.50 bits per heavy atom. The lowest BCUT2D eigenvalue weighted by Gasteiger charge is -2.45. The molecule has 1 saturated heterocycles. The highest BCUT2D eigenvalue weighted by Gasteiger charge is 2.54. The number of ether oxygens (including phenoxy) is 2. The van der Waals surface area contributed by atoms with E-state index in [0.29, 0.717) is 0 Å². The zero-order valence-electron chi connectivity index (χ0n) is 12.2. The SMILES string of the molecule is COC(=O)[C@]1(O)C[C@H](O)[C@@H](NC(C)=O)[C@H]([C@@H](O)[C@@H](O)CO)O1. The lowest BCUT2D eigenvalue weighted by molar-refractivity contribution is -0.296. The second kappa shape index (κ2) is 7.31. The van der Waals surface area contributed by atoms with E-state index in [2.05, 4.69) is 10.1 Å². The van der Waals surface area contributed by atoms with Crippen molar-refractivity contribution in [3.63, 3.8) is 0 Å². The molecule has 1 rings (SSSR count). The third-order valence-electron chi connectivity index (χ3n) is 3.38. The zero-order valence-corrected chi connectivity index (χ0v) is 12.2.